The van der Waals surface area contributed by atoms with Crippen LogP contribution in [-0.2, 0) is 10.0 Å². The van der Waals surface area contributed by atoms with Crippen LogP contribution in [0, 0.1) is 0 Å². The highest BCUT2D eigenvalue weighted by molar-refractivity contribution is 7.89. The second kappa shape index (κ2) is 7.01. The Labute approximate surface area is 145 Å². The fraction of sp³-hybridized carbons (Fsp3) is 0.188. The van der Waals surface area contributed by atoms with Crippen molar-refractivity contribution >= 4 is 39.0 Å². The van der Waals surface area contributed by atoms with E-state index in [1.165, 1.54) is 25.1 Å². The van der Waals surface area contributed by atoms with Crippen LogP contribution in [0.3, 0.4) is 0 Å². The van der Waals surface area contributed by atoms with Gasteiger partial charge < -0.3 is 0 Å². The van der Waals surface area contributed by atoms with Crippen LogP contribution in [0.1, 0.15) is 35.8 Å². The Hall–Kier alpha value is -1.40. The van der Waals surface area contributed by atoms with Crippen LogP contribution in [0.25, 0.3) is 0 Å². The summed E-state index contributed by atoms with van der Waals surface area (Å²) in [6.07, 6.45) is 0. The molecule has 1 unspecified atom stereocenters. The Morgan fingerprint density at radius 1 is 1.09 bits per heavy atom. The van der Waals surface area contributed by atoms with E-state index < -0.39 is 16.1 Å². The number of benzene rings is 2. The number of hydrogen-bond acceptors (Lipinski definition) is 3. The molecule has 0 aromatic heterocycles. The molecule has 1 N–H and O–H groups in total. The average molecular weight is 372 g/mol. The molecule has 7 heteroatoms. The van der Waals surface area contributed by atoms with Gasteiger partial charge in [0.1, 0.15) is 0 Å². The predicted octanol–water partition coefficient (Wildman–Crippen LogP) is 4.24. The minimum atomic E-state index is -3.76. The molecule has 2 aromatic carbocycles. The zero-order chi connectivity index (χ0) is 17.2. The third-order valence-corrected chi connectivity index (χ3v) is 5.60. The van der Waals surface area contributed by atoms with Crippen molar-refractivity contribution in [3.05, 3.63) is 63.6 Å². The molecular weight excluding hydrogens is 357 g/mol. The highest BCUT2D eigenvalue weighted by Gasteiger charge is 2.19. The van der Waals surface area contributed by atoms with Crippen LogP contribution in [0.15, 0.2) is 47.4 Å². The molecule has 0 fully saturated rings. The van der Waals surface area contributed by atoms with E-state index in [4.69, 9.17) is 23.2 Å². The van der Waals surface area contributed by atoms with Crippen molar-refractivity contribution in [3.8, 4) is 0 Å². The largest absolute Gasteiger partial charge is 0.295 e. The maximum absolute atomic E-state index is 12.5. The Kier molecular flexibility index (Phi) is 5.47. The molecule has 0 aliphatic heterocycles. The molecule has 0 saturated heterocycles. The number of sulfonamides is 1. The molecule has 122 valence electrons. The Balaban J connectivity index is 2.28. The van der Waals surface area contributed by atoms with E-state index in [-0.39, 0.29) is 10.7 Å². The third kappa shape index (κ3) is 4.32. The maximum Gasteiger partial charge on any atom is 0.241 e. The van der Waals surface area contributed by atoms with Gasteiger partial charge in [-0.1, -0.05) is 41.4 Å². The summed E-state index contributed by atoms with van der Waals surface area (Å²) in [4.78, 5) is 11.4. The topological polar surface area (TPSA) is 63.2 Å². The number of rotatable bonds is 5. The highest BCUT2D eigenvalue weighted by Crippen LogP contribution is 2.26. The summed E-state index contributed by atoms with van der Waals surface area (Å²) in [5, 5.41) is 0.758. The number of Topliss-reactive ketones (excluding diaryl/α,β-unsaturated/α-hetero) is 1. The van der Waals surface area contributed by atoms with Crippen molar-refractivity contribution in [1.29, 1.82) is 0 Å². The molecular formula is C16H15Cl2NO3S. The minimum absolute atomic E-state index is 0.0390. The van der Waals surface area contributed by atoms with Crippen LogP contribution in [-0.4, -0.2) is 14.2 Å². The Bertz CT molecular complexity index is 850. The summed E-state index contributed by atoms with van der Waals surface area (Å²) >= 11 is 11.8. The fourth-order valence-corrected chi connectivity index (χ4v) is 3.62. The van der Waals surface area contributed by atoms with Crippen LogP contribution in [0.4, 0.5) is 0 Å². The van der Waals surface area contributed by atoms with Gasteiger partial charge in [-0.2, -0.15) is 0 Å². The maximum atomic E-state index is 12.5. The zero-order valence-corrected chi connectivity index (χ0v) is 14.8. The lowest BCUT2D eigenvalue weighted by atomic mass is 10.1. The van der Waals surface area contributed by atoms with E-state index >= 15 is 0 Å². The van der Waals surface area contributed by atoms with Gasteiger partial charge in [-0.3, -0.25) is 4.79 Å². The van der Waals surface area contributed by atoms with Crippen LogP contribution in [0.2, 0.25) is 10.0 Å². The molecule has 0 bridgehead atoms. The molecule has 0 aliphatic carbocycles. The molecule has 0 aliphatic rings. The van der Waals surface area contributed by atoms with Crippen molar-refractivity contribution in [3.63, 3.8) is 0 Å². The Morgan fingerprint density at radius 3 is 2.39 bits per heavy atom. The first kappa shape index (κ1) is 17.9. The number of carbonyl (C=O) groups excluding carboxylic acids is 1. The number of carbonyl (C=O) groups is 1. The Morgan fingerprint density at radius 2 is 1.78 bits per heavy atom. The number of halogens is 2. The average Bonchev–Trinajstić information content (AvgIpc) is 2.49. The van der Waals surface area contributed by atoms with Crippen molar-refractivity contribution in [1.82, 2.24) is 4.72 Å². The monoisotopic (exact) mass is 371 g/mol. The van der Waals surface area contributed by atoms with Gasteiger partial charge >= 0.3 is 0 Å². The molecule has 0 saturated carbocycles. The van der Waals surface area contributed by atoms with Crippen molar-refractivity contribution in [2.24, 2.45) is 0 Å². The van der Waals surface area contributed by atoms with E-state index in [1.54, 1.807) is 31.2 Å². The highest BCUT2D eigenvalue weighted by atomic mass is 35.5. The molecule has 0 amide bonds. The molecule has 2 aromatic rings. The normalized spacial score (nSPS) is 12.9. The van der Waals surface area contributed by atoms with Gasteiger partial charge in [0.05, 0.1) is 14.9 Å². The third-order valence-electron chi connectivity index (χ3n) is 3.33. The summed E-state index contributed by atoms with van der Waals surface area (Å²) in [6, 6.07) is 10.3. The fourth-order valence-electron chi connectivity index (χ4n) is 2.03. The molecule has 0 radical (unpaired) electrons. The first-order valence-electron chi connectivity index (χ1n) is 6.79. The standard InChI is InChI=1S/C16H15Cl2NO3S/c1-10(12-6-7-15(17)16(18)9-12)19-23(21,22)14-5-3-4-13(8-14)11(2)20/h3-10,19H,1-2H3. The van der Waals surface area contributed by atoms with E-state index in [1.807, 2.05) is 0 Å². The molecule has 4 nitrogen and oxygen atoms in total. The first-order valence-corrected chi connectivity index (χ1v) is 9.03. The zero-order valence-electron chi connectivity index (χ0n) is 12.5. The van der Waals surface area contributed by atoms with E-state index in [0.717, 1.165) is 0 Å². The molecule has 0 spiro atoms. The molecule has 2 rings (SSSR count). The summed E-state index contributed by atoms with van der Waals surface area (Å²) in [5.41, 5.74) is 1.03. The van der Waals surface area contributed by atoms with Gasteiger partial charge in [0.15, 0.2) is 5.78 Å². The smallest absolute Gasteiger partial charge is 0.241 e. The van der Waals surface area contributed by atoms with E-state index in [2.05, 4.69) is 4.72 Å². The second-order valence-corrected chi connectivity index (χ2v) is 7.63. The van der Waals surface area contributed by atoms with Gasteiger partial charge in [0.25, 0.3) is 0 Å². The lowest BCUT2D eigenvalue weighted by Crippen LogP contribution is -2.27. The van der Waals surface area contributed by atoms with Gasteiger partial charge in [0, 0.05) is 11.6 Å². The second-order valence-electron chi connectivity index (χ2n) is 5.10. The van der Waals surface area contributed by atoms with Crippen molar-refractivity contribution in [2.45, 2.75) is 24.8 Å². The van der Waals surface area contributed by atoms with Gasteiger partial charge in [-0.15, -0.1) is 0 Å². The van der Waals surface area contributed by atoms with Crippen LogP contribution < -0.4 is 4.72 Å². The number of hydrogen-bond donors (Lipinski definition) is 1. The summed E-state index contributed by atoms with van der Waals surface area (Å²) < 4.78 is 27.5. The predicted molar refractivity (Wildman–Crippen MR) is 91.6 cm³/mol. The summed E-state index contributed by atoms with van der Waals surface area (Å²) in [7, 11) is -3.76. The molecule has 23 heavy (non-hydrogen) atoms. The van der Waals surface area contributed by atoms with E-state index in [0.29, 0.717) is 21.2 Å². The van der Waals surface area contributed by atoms with Crippen molar-refractivity contribution in [2.75, 3.05) is 0 Å². The summed E-state index contributed by atoms with van der Waals surface area (Å²) in [6.45, 7) is 3.09. The van der Waals surface area contributed by atoms with Gasteiger partial charge in [-0.25, -0.2) is 13.1 Å². The van der Waals surface area contributed by atoms with Crippen LogP contribution in [0.5, 0.6) is 0 Å². The van der Waals surface area contributed by atoms with Crippen LogP contribution >= 0.6 is 23.2 Å². The van der Waals surface area contributed by atoms with Crippen molar-refractivity contribution < 1.29 is 13.2 Å². The quantitative estimate of drug-likeness (QED) is 0.799. The lowest BCUT2D eigenvalue weighted by Gasteiger charge is -2.15. The van der Waals surface area contributed by atoms with Gasteiger partial charge in [-0.05, 0) is 43.7 Å². The molecule has 0 heterocycles. The SMILES string of the molecule is CC(=O)c1cccc(S(=O)(=O)NC(C)c2ccc(Cl)c(Cl)c2)c1. The minimum Gasteiger partial charge on any atom is -0.295 e. The lowest BCUT2D eigenvalue weighted by molar-refractivity contribution is 0.101. The van der Waals surface area contributed by atoms with Gasteiger partial charge in [0.2, 0.25) is 10.0 Å². The summed E-state index contributed by atoms with van der Waals surface area (Å²) in [5.74, 6) is -0.195. The first-order chi connectivity index (χ1) is 10.7. The van der Waals surface area contributed by atoms with E-state index in [9.17, 15) is 13.2 Å². The number of nitrogens with one attached hydrogen (secondary N) is 1. The molecule has 1 atom stereocenters. The number of ketones is 1.